The number of nitrogens with one attached hydrogen (secondary N) is 5. The number of hydrogen-bond donors (Lipinski definition) is 6. The Morgan fingerprint density at radius 1 is 0.907 bits per heavy atom. The molecule has 7 N–H and O–H groups in total. The van der Waals surface area contributed by atoms with Gasteiger partial charge < -0.3 is 31.7 Å². The van der Waals surface area contributed by atoms with Crippen LogP contribution in [0.1, 0.15) is 70.6 Å². The predicted octanol–water partition coefficient (Wildman–Crippen LogP) is 0.702. The van der Waals surface area contributed by atoms with Crippen LogP contribution < -0.4 is 32.3 Å². The molecule has 5 saturated heterocycles. The number of rotatable bonds is 5. The Balaban J connectivity index is 1.15. The molecule has 2 bridgehead atoms. The van der Waals surface area contributed by atoms with Gasteiger partial charge in [-0.2, -0.15) is 0 Å². The third kappa shape index (κ3) is 7.04. The fourth-order valence-corrected chi connectivity index (χ4v) is 8.99. The number of carbonyl (C=O) groups is 2. The second-order valence-electron chi connectivity index (χ2n) is 14.3. The Kier molecular flexibility index (Phi) is 10.2. The van der Waals surface area contributed by atoms with Gasteiger partial charge in [0, 0.05) is 37.6 Å². The number of carbonyl (C=O) groups excluding carboxylic acids is 2. The van der Waals surface area contributed by atoms with E-state index in [1.807, 2.05) is 0 Å². The van der Waals surface area contributed by atoms with Crippen molar-refractivity contribution >= 4 is 11.8 Å². The second-order valence-corrected chi connectivity index (χ2v) is 14.3. The molecule has 5 heterocycles. The van der Waals surface area contributed by atoms with Gasteiger partial charge >= 0.3 is 0 Å². The molecule has 10 nitrogen and oxygen atoms in total. The molecule has 244 valence electrons. The van der Waals surface area contributed by atoms with E-state index in [4.69, 9.17) is 10.5 Å². The lowest BCUT2D eigenvalue weighted by Gasteiger charge is -2.45. The standard InChI is InChI=1S/C31H53F2N7O3/c32-20-5-6-25-31(9-3-1-2-4-10-31)13-23(36-14-20)26(28(34)39-25)30(42)38-24-16-35-15-22(33)27(24)40-11-7-19(8-12-40)29(41)37-21-17-43-18-21/h19-28,35-36,39H,1-18,34H2,(H,37,41)(H,38,42). The van der Waals surface area contributed by atoms with E-state index in [0.29, 0.717) is 52.1 Å². The lowest BCUT2D eigenvalue weighted by atomic mass is 9.68. The van der Waals surface area contributed by atoms with Crippen molar-refractivity contribution < 1.29 is 23.1 Å². The first kappa shape index (κ1) is 31.5. The summed E-state index contributed by atoms with van der Waals surface area (Å²) in [6.07, 6.45) is 7.51. The molecule has 5 aliphatic heterocycles. The van der Waals surface area contributed by atoms with Gasteiger partial charge in [0.1, 0.15) is 12.3 Å². The zero-order valence-corrected chi connectivity index (χ0v) is 25.5. The van der Waals surface area contributed by atoms with Crippen LogP contribution in [0, 0.1) is 17.3 Å². The number of fused-ring (bicyclic) bond motifs is 1. The minimum Gasteiger partial charge on any atom is -0.377 e. The number of ether oxygens (including phenoxy) is 1. The van der Waals surface area contributed by atoms with Crippen molar-refractivity contribution in [1.82, 2.24) is 31.5 Å². The molecule has 0 aromatic heterocycles. The third-order valence-electron chi connectivity index (χ3n) is 11.5. The van der Waals surface area contributed by atoms with E-state index in [-0.39, 0.29) is 54.4 Å². The molecular weight excluding hydrogens is 556 g/mol. The SMILES string of the molecule is NC1NC2CCC(F)CNC(CC23CCCCCC3)C1C(=O)NC1CNCC(F)C1N1CCC(C(=O)NC2COC2)CC1. The number of halogens is 2. The average Bonchev–Trinajstić information content (AvgIpc) is 3.25. The van der Waals surface area contributed by atoms with Crippen LogP contribution in [0.15, 0.2) is 0 Å². The second kappa shape index (κ2) is 13.9. The van der Waals surface area contributed by atoms with Crippen LogP contribution in [0.25, 0.3) is 0 Å². The molecule has 8 atom stereocenters. The number of nitrogens with zero attached hydrogens (tertiary/aromatic N) is 1. The molecule has 1 spiro atoms. The molecule has 2 amide bonds. The maximum Gasteiger partial charge on any atom is 0.227 e. The van der Waals surface area contributed by atoms with Crippen molar-refractivity contribution in [3.8, 4) is 0 Å². The van der Waals surface area contributed by atoms with Crippen molar-refractivity contribution in [2.45, 2.75) is 119 Å². The molecule has 0 aromatic carbocycles. The molecule has 8 unspecified atom stereocenters. The lowest BCUT2D eigenvalue weighted by Crippen LogP contribution is -2.68. The van der Waals surface area contributed by atoms with Crippen molar-refractivity contribution in [2.75, 3.05) is 45.9 Å². The molecular formula is C31H53F2N7O3. The van der Waals surface area contributed by atoms with Gasteiger partial charge in [-0.05, 0) is 63.5 Å². The van der Waals surface area contributed by atoms with E-state index < -0.39 is 36.5 Å². The van der Waals surface area contributed by atoms with Crippen LogP contribution in [0.4, 0.5) is 8.78 Å². The number of likely N-dealkylation sites (tertiary alicyclic amines) is 1. The highest BCUT2D eigenvalue weighted by Gasteiger charge is 2.50. The van der Waals surface area contributed by atoms with E-state index in [9.17, 15) is 14.0 Å². The van der Waals surface area contributed by atoms with Crippen molar-refractivity contribution in [2.24, 2.45) is 23.0 Å². The molecule has 1 aliphatic carbocycles. The van der Waals surface area contributed by atoms with Crippen LogP contribution in [0.5, 0.6) is 0 Å². The first-order valence-corrected chi connectivity index (χ1v) is 17.0. The molecule has 6 fully saturated rings. The summed E-state index contributed by atoms with van der Waals surface area (Å²) in [5.41, 5.74) is 6.80. The van der Waals surface area contributed by atoms with Crippen LogP contribution in [0.2, 0.25) is 0 Å². The summed E-state index contributed by atoms with van der Waals surface area (Å²) in [5, 5.41) is 16.5. The zero-order valence-electron chi connectivity index (χ0n) is 25.5. The monoisotopic (exact) mass is 609 g/mol. The van der Waals surface area contributed by atoms with Crippen molar-refractivity contribution in [1.29, 1.82) is 0 Å². The fourth-order valence-electron chi connectivity index (χ4n) is 8.99. The summed E-state index contributed by atoms with van der Waals surface area (Å²) in [6, 6.07) is -0.993. The van der Waals surface area contributed by atoms with Crippen LogP contribution in [0.3, 0.4) is 0 Å². The quantitative estimate of drug-likeness (QED) is 0.269. The molecule has 1 saturated carbocycles. The van der Waals surface area contributed by atoms with Crippen molar-refractivity contribution in [3.63, 3.8) is 0 Å². The Labute approximate surface area is 254 Å². The summed E-state index contributed by atoms with van der Waals surface area (Å²) in [6.45, 7) is 3.26. The summed E-state index contributed by atoms with van der Waals surface area (Å²) in [4.78, 5) is 29.0. The van der Waals surface area contributed by atoms with Gasteiger partial charge in [-0.25, -0.2) is 8.78 Å². The molecule has 6 aliphatic rings. The van der Waals surface area contributed by atoms with Crippen LogP contribution >= 0.6 is 0 Å². The first-order chi connectivity index (χ1) is 20.8. The maximum atomic E-state index is 15.6. The number of piperidine rings is 2. The topological polar surface area (TPSA) is 133 Å². The van der Waals surface area contributed by atoms with Gasteiger partial charge in [-0.3, -0.25) is 19.8 Å². The van der Waals surface area contributed by atoms with Gasteiger partial charge in [0.05, 0.1) is 43.4 Å². The largest absolute Gasteiger partial charge is 0.377 e. The Morgan fingerprint density at radius 2 is 1.65 bits per heavy atom. The average molecular weight is 610 g/mol. The summed E-state index contributed by atoms with van der Waals surface area (Å²) >= 11 is 0. The van der Waals surface area contributed by atoms with Gasteiger partial charge in [0.2, 0.25) is 11.8 Å². The van der Waals surface area contributed by atoms with Crippen LogP contribution in [-0.4, -0.2) is 111 Å². The van der Waals surface area contributed by atoms with Crippen LogP contribution in [-0.2, 0) is 14.3 Å². The Bertz CT molecular complexity index is 958. The summed E-state index contributed by atoms with van der Waals surface area (Å²) in [7, 11) is 0. The highest BCUT2D eigenvalue weighted by atomic mass is 19.1. The highest BCUT2D eigenvalue weighted by molar-refractivity contribution is 5.81. The van der Waals surface area contributed by atoms with Crippen molar-refractivity contribution in [3.05, 3.63) is 0 Å². The maximum absolute atomic E-state index is 15.6. The molecule has 43 heavy (non-hydrogen) atoms. The molecule has 0 radical (unpaired) electrons. The van der Waals surface area contributed by atoms with Gasteiger partial charge in [-0.1, -0.05) is 25.7 Å². The molecule has 12 heteroatoms. The summed E-state index contributed by atoms with van der Waals surface area (Å²) in [5.74, 6) is -0.822. The Morgan fingerprint density at radius 3 is 2.35 bits per heavy atom. The molecule has 0 aromatic rings. The van der Waals surface area contributed by atoms with E-state index in [2.05, 4.69) is 31.5 Å². The van der Waals surface area contributed by atoms with E-state index in [0.717, 1.165) is 38.5 Å². The number of hydrogen-bond acceptors (Lipinski definition) is 8. The van der Waals surface area contributed by atoms with Gasteiger partial charge in [-0.15, -0.1) is 0 Å². The van der Waals surface area contributed by atoms with E-state index in [1.54, 1.807) is 0 Å². The van der Waals surface area contributed by atoms with Gasteiger partial charge in [0.15, 0.2) is 0 Å². The number of alkyl halides is 2. The number of nitrogens with two attached hydrogens (primary N) is 1. The third-order valence-corrected chi connectivity index (χ3v) is 11.5. The number of amides is 2. The predicted molar refractivity (Wildman–Crippen MR) is 160 cm³/mol. The van der Waals surface area contributed by atoms with E-state index >= 15 is 4.39 Å². The Hall–Kier alpha value is -1.44. The van der Waals surface area contributed by atoms with Gasteiger partial charge in [0.25, 0.3) is 0 Å². The highest BCUT2D eigenvalue weighted by Crippen LogP contribution is 2.47. The molecule has 6 rings (SSSR count). The van der Waals surface area contributed by atoms with E-state index in [1.165, 1.54) is 12.8 Å². The lowest BCUT2D eigenvalue weighted by molar-refractivity contribution is -0.131. The minimum absolute atomic E-state index is 0.00780. The normalized spacial score (nSPS) is 39.9. The fraction of sp³-hybridized carbons (Fsp3) is 0.935. The summed E-state index contributed by atoms with van der Waals surface area (Å²) < 4.78 is 35.6. The minimum atomic E-state index is -1.15. The smallest absolute Gasteiger partial charge is 0.227 e. The first-order valence-electron chi connectivity index (χ1n) is 17.0. The zero-order chi connectivity index (χ0) is 30.0.